The van der Waals surface area contributed by atoms with Gasteiger partial charge in [0.05, 0.1) is 21.5 Å². The molecule has 0 saturated carbocycles. The Balaban J connectivity index is 1.71. The average molecular weight is 355 g/mol. The van der Waals surface area contributed by atoms with E-state index in [1.165, 1.54) is 5.56 Å². The lowest BCUT2D eigenvalue weighted by atomic mass is 9.94. The molecule has 6 heteroatoms. The fourth-order valence-electron chi connectivity index (χ4n) is 3.69. The lowest BCUT2D eigenvalue weighted by molar-refractivity contribution is 0.411. The van der Waals surface area contributed by atoms with Gasteiger partial charge < -0.3 is 4.90 Å². The number of likely N-dealkylation sites (tertiary alicyclic amines) is 1. The highest BCUT2D eigenvalue weighted by atomic mass is 32.2. The molecule has 0 bridgehead atoms. The van der Waals surface area contributed by atoms with E-state index < -0.39 is 9.84 Å². The van der Waals surface area contributed by atoms with Crippen molar-refractivity contribution in [1.82, 2.24) is 15.1 Å². The molecule has 2 heterocycles. The van der Waals surface area contributed by atoms with E-state index in [1.54, 1.807) is 30.5 Å². The zero-order valence-electron chi connectivity index (χ0n) is 14.4. The number of aryl methyl sites for hydroxylation is 1. The number of sulfone groups is 1. The van der Waals surface area contributed by atoms with Crippen molar-refractivity contribution in [3.05, 3.63) is 53.7 Å². The van der Waals surface area contributed by atoms with E-state index in [0.717, 1.165) is 36.0 Å². The van der Waals surface area contributed by atoms with Gasteiger partial charge in [-0.05, 0) is 74.3 Å². The third-order valence-electron chi connectivity index (χ3n) is 5.10. The fraction of sp³-hybridized carbons (Fsp3) is 0.316. The van der Waals surface area contributed by atoms with E-state index in [1.807, 2.05) is 19.1 Å². The molecule has 0 spiro atoms. The number of hydrogen-bond donors (Lipinski definition) is 1. The first-order valence-electron chi connectivity index (χ1n) is 8.42. The molecule has 1 fully saturated rings. The number of aromatic amines is 1. The van der Waals surface area contributed by atoms with E-state index in [2.05, 4.69) is 22.1 Å². The molecule has 25 heavy (non-hydrogen) atoms. The molecular formula is C19H21N3O2S. The molecule has 4 rings (SSSR count). The number of aromatic nitrogens is 2. The van der Waals surface area contributed by atoms with Crippen molar-refractivity contribution in [2.45, 2.75) is 29.1 Å². The second-order valence-electron chi connectivity index (χ2n) is 6.89. The summed E-state index contributed by atoms with van der Waals surface area (Å²) in [6.07, 6.45) is 2.76. The Hall–Kier alpha value is -2.18. The normalized spacial score (nSPS) is 18.9. The van der Waals surface area contributed by atoms with Crippen molar-refractivity contribution < 1.29 is 8.42 Å². The van der Waals surface area contributed by atoms with Gasteiger partial charge in [-0.3, -0.25) is 5.10 Å². The van der Waals surface area contributed by atoms with Crippen molar-refractivity contribution in [1.29, 1.82) is 0 Å². The molecule has 1 atom stereocenters. The van der Waals surface area contributed by atoms with Crippen LogP contribution in [-0.2, 0) is 9.84 Å². The largest absolute Gasteiger partial charge is 0.306 e. The Bertz CT molecular complexity index is 1040. The van der Waals surface area contributed by atoms with Crippen LogP contribution in [-0.4, -0.2) is 43.7 Å². The quantitative estimate of drug-likeness (QED) is 0.784. The van der Waals surface area contributed by atoms with E-state index in [4.69, 9.17) is 0 Å². The number of H-pyrrole nitrogens is 1. The highest BCUT2D eigenvalue weighted by Crippen LogP contribution is 2.31. The van der Waals surface area contributed by atoms with Crippen LogP contribution >= 0.6 is 0 Å². The molecule has 3 aromatic rings. The maximum atomic E-state index is 13.0. The van der Waals surface area contributed by atoms with Crippen molar-refractivity contribution in [2.75, 3.05) is 20.1 Å². The lowest BCUT2D eigenvalue weighted by Gasteiger charge is -2.15. The number of likely N-dealkylation sites (N-methyl/N-ethyl adjacent to an activating group) is 1. The summed E-state index contributed by atoms with van der Waals surface area (Å²) in [5.41, 5.74) is 3.13. The zero-order chi connectivity index (χ0) is 17.6. The van der Waals surface area contributed by atoms with Crippen LogP contribution in [0.25, 0.3) is 10.9 Å². The Kier molecular flexibility index (Phi) is 3.89. The minimum atomic E-state index is -3.53. The van der Waals surface area contributed by atoms with Crippen LogP contribution in [0.4, 0.5) is 0 Å². The molecular weight excluding hydrogens is 334 g/mol. The Morgan fingerprint density at radius 2 is 1.92 bits per heavy atom. The Morgan fingerprint density at radius 1 is 1.16 bits per heavy atom. The molecule has 1 aliphatic heterocycles. The predicted octanol–water partition coefficient (Wildman–Crippen LogP) is 3.12. The summed E-state index contributed by atoms with van der Waals surface area (Å²) in [4.78, 5) is 2.96. The molecule has 0 aliphatic carbocycles. The molecule has 1 N–H and O–H groups in total. The predicted molar refractivity (Wildman–Crippen MR) is 97.6 cm³/mol. The van der Waals surface area contributed by atoms with Crippen molar-refractivity contribution in [3.63, 3.8) is 0 Å². The highest BCUT2D eigenvalue weighted by Gasteiger charge is 2.24. The highest BCUT2D eigenvalue weighted by molar-refractivity contribution is 7.91. The third-order valence-corrected chi connectivity index (χ3v) is 6.85. The van der Waals surface area contributed by atoms with Crippen LogP contribution in [0, 0.1) is 6.92 Å². The van der Waals surface area contributed by atoms with E-state index >= 15 is 0 Å². The lowest BCUT2D eigenvalue weighted by Crippen LogP contribution is -2.13. The molecule has 2 aromatic carbocycles. The summed E-state index contributed by atoms with van der Waals surface area (Å²) < 4.78 is 26.0. The average Bonchev–Trinajstić information content (AvgIpc) is 3.22. The molecule has 1 aromatic heterocycles. The van der Waals surface area contributed by atoms with Gasteiger partial charge in [0, 0.05) is 11.9 Å². The van der Waals surface area contributed by atoms with Crippen molar-refractivity contribution >= 4 is 20.7 Å². The maximum absolute atomic E-state index is 13.0. The monoisotopic (exact) mass is 355 g/mol. The van der Waals surface area contributed by atoms with E-state index in [0.29, 0.717) is 15.7 Å². The molecule has 0 radical (unpaired) electrons. The third kappa shape index (κ3) is 2.85. The van der Waals surface area contributed by atoms with E-state index in [-0.39, 0.29) is 0 Å². The topological polar surface area (TPSA) is 66.1 Å². The first kappa shape index (κ1) is 16.3. The van der Waals surface area contributed by atoms with Gasteiger partial charge in [0.1, 0.15) is 0 Å². The summed E-state index contributed by atoms with van der Waals surface area (Å²) in [5.74, 6) is 0.490. The van der Waals surface area contributed by atoms with Crippen LogP contribution in [0.2, 0.25) is 0 Å². The number of fused-ring (bicyclic) bond motifs is 1. The maximum Gasteiger partial charge on any atom is 0.206 e. The molecule has 5 nitrogen and oxygen atoms in total. The van der Waals surface area contributed by atoms with Crippen LogP contribution in [0.3, 0.4) is 0 Å². The number of nitrogens with one attached hydrogen (secondary N) is 1. The van der Waals surface area contributed by atoms with Crippen molar-refractivity contribution in [3.8, 4) is 0 Å². The molecule has 130 valence electrons. The smallest absolute Gasteiger partial charge is 0.206 e. The van der Waals surface area contributed by atoms with Crippen LogP contribution in [0.5, 0.6) is 0 Å². The van der Waals surface area contributed by atoms with Gasteiger partial charge in [0.25, 0.3) is 0 Å². The Labute approximate surface area is 147 Å². The number of benzene rings is 2. The first-order valence-corrected chi connectivity index (χ1v) is 9.91. The van der Waals surface area contributed by atoms with Gasteiger partial charge in [-0.1, -0.05) is 6.07 Å². The number of rotatable bonds is 3. The summed E-state index contributed by atoms with van der Waals surface area (Å²) in [6.45, 7) is 4.13. The fourth-order valence-corrected chi connectivity index (χ4v) is 5.07. The van der Waals surface area contributed by atoms with Crippen LogP contribution < -0.4 is 0 Å². The zero-order valence-corrected chi connectivity index (χ0v) is 15.2. The van der Waals surface area contributed by atoms with Gasteiger partial charge in [-0.2, -0.15) is 5.10 Å². The van der Waals surface area contributed by atoms with Gasteiger partial charge in [0.2, 0.25) is 9.84 Å². The van der Waals surface area contributed by atoms with Gasteiger partial charge in [-0.15, -0.1) is 0 Å². The SMILES string of the molecule is Cc1cc(S(=O)(=O)c2ccc3[nH]ncc3c2)ccc1[C@@H]1CCN(C)C1. The van der Waals surface area contributed by atoms with Crippen LogP contribution in [0.1, 0.15) is 23.5 Å². The van der Waals surface area contributed by atoms with E-state index in [9.17, 15) is 8.42 Å². The molecule has 0 unspecified atom stereocenters. The summed E-state index contributed by atoms with van der Waals surface area (Å²) in [7, 11) is -1.41. The standard InChI is InChI=1S/C19H21N3O2S/c1-13-9-16(3-5-18(13)14-7-8-22(2)12-14)25(23,24)17-4-6-19-15(10-17)11-20-21-19/h3-6,9-11,14H,7-8,12H2,1-2H3,(H,20,21)/t14-/m1/s1. The molecule has 0 amide bonds. The van der Waals surface area contributed by atoms with Gasteiger partial charge >= 0.3 is 0 Å². The second-order valence-corrected chi connectivity index (χ2v) is 8.84. The van der Waals surface area contributed by atoms with Gasteiger partial charge in [-0.25, -0.2) is 8.42 Å². The first-order chi connectivity index (χ1) is 11.9. The van der Waals surface area contributed by atoms with Gasteiger partial charge in [0.15, 0.2) is 0 Å². The molecule has 1 aliphatic rings. The second kappa shape index (κ2) is 5.97. The minimum Gasteiger partial charge on any atom is -0.306 e. The number of nitrogens with zero attached hydrogens (tertiary/aromatic N) is 2. The number of hydrogen-bond acceptors (Lipinski definition) is 4. The molecule has 1 saturated heterocycles. The van der Waals surface area contributed by atoms with Crippen molar-refractivity contribution in [2.24, 2.45) is 0 Å². The summed E-state index contributed by atoms with van der Waals surface area (Å²) >= 11 is 0. The summed E-state index contributed by atoms with van der Waals surface area (Å²) in [5, 5.41) is 7.58. The minimum absolute atomic E-state index is 0.300. The summed E-state index contributed by atoms with van der Waals surface area (Å²) in [6, 6.07) is 10.6. The van der Waals surface area contributed by atoms with Crippen LogP contribution in [0.15, 0.2) is 52.4 Å². The Morgan fingerprint density at radius 3 is 2.64 bits per heavy atom.